The van der Waals surface area contributed by atoms with Crippen LogP contribution >= 0.6 is 0 Å². The summed E-state index contributed by atoms with van der Waals surface area (Å²) < 4.78 is 26.9. The van der Waals surface area contributed by atoms with Crippen molar-refractivity contribution in [1.82, 2.24) is 10.2 Å². The lowest BCUT2D eigenvalue weighted by Crippen LogP contribution is -2.17. The molecule has 1 aromatic heterocycles. The minimum atomic E-state index is -4.11. The van der Waals surface area contributed by atoms with Crippen LogP contribution in [0.1, 0.15) is 21.7 Å². The maximum atomic E-state index is 12.3. The van der Waals surface area contributed by atoms with Crippen LogP contribution in [0, 0.1) is 13.8 Å². The number of benzene rings is 1. The fraction of sp³-hybridized carbons (Fsp3) is 0.167. The fourth-order valence-electron chi connectivity index (χ4n) is 1.82. The number of sulfonamides is 1. The smallest absolute Gasteiger partial charge is 0.357 e. The number of nitrogens with zero attached hydrogens (tertiary/aromatic N) is 1. The Morgan fingerprint density at radius 1 is 1.33 bits per heavy atom. The van der Waals surface area contributed by atoms with Gasteiger partial charge in [0.05, 0.1) is 5.69 Å². The topological polar surface area (TPSA) is 132 Å². The largest absolute Gasteiger partial charge is 0.508 e. The Kier molecular flexibility index (Phi) is 3.60. The first-order valence-corrected chi connectivity index (χ1v) is 7.31. The Bertz CT molecular complexity index is 810. The van der Waals surface area contributed by atoms with E-state index in [1.807, 2.05) is 0 Å². The van der Waals surface area contributed by atoms with Crippen molar-refractivity contribution in [1.29, 1.82) is 0 Å². The highest BCUT2D eigenvalue weighted by molar-refractivity contribution is 7.92. The molecule has 0 aliphatic rings. The van der Waals surface area contributed by atoms with Crippen molar-refractivity contribution in [2.24, 2.45) is 0 Å². The molecule has 0 saturated heterocycles. The minimum absolute atomic E-state index is 0.0312. The first-order chi connectivity index (χ1) is 9.72. The van der Waals surface area contributed by atoms with Gasteiger partial charge in [-0.05, 0) is 37.6 Å². The Balaban J connectivity index is 2.45. The predicted octanol–water partition coefficient (Wildman–Crippen LogP) is 1.23. The summed E-state index contributed by atoms with van der Waals surface area (Å²) in [6.07, 6.45) is 0. The summed E-state index contributed by atoms with van der Waals surface area (Å²) in [7, 11) is -4.11. The van der Waals surface area contributed by atoms with Gasteiger partial charge in [-0.1, -0.05) is 0 Å². The van der Waals surface area contributed by atoms with Crippen molar-refractivity contribution in [2.75, 3.05) is 4.72 Å². The zero-order chi connectivity index (χ0) is 15.8. The molecule has 8 nitrogen and oxygen atoms in total. The van der Waals surface area contributed by atoms with Crippen LogP contribution in [0.15, 0.2) is 23.1 Å². The van der Waals surface area contributed by atoms with Crippen LogP contribution in [-0.2, 0) is 10.0 Å². The molecule has 0 unspecified atom stereocenters. The van der Waals surface area contributed by atoms with Crippen LogP contribution < -0.4 is 4.72 Å². The van der Waals surface area contributed by atoms with Gasteiger partial charge in [-0.15, -0.1) is 0 Å². The second-order valence-corrected chi connectivity index (χ2v) is 6.06. The van der Waals surface area contributed by atoms with E-state index >= 15 is 0 Å². The molecule has 21 heavy (non-hydrogen) atoms. The molecule has 0 fully saturated rings. The van der Waals surface area contributed by atoms with E-state index in [1.54, 1.807) is 6.92 Å². The number of aromatic amines is 1. The Morgan fingerprint density at radius 2 is 2.00 bits per heavy atom. The van der Waals surface area contributed by atoms with Gasteiger partial charge in [-0.3, -0.25) is 9.82 Å². The molecule has 0 aliphatic heterocycles. The van der Waals surface area contributed by atoms with Gasteiger partial charge in [0, 0.05) is 5.69 Å². The number of carbonyl (C=O) groups is 1. The number of phenols is 1. The van der Waals surface area contributed by atoms with Crippen LogP contribution in [0.5, 0.6) is 5.75 Å². The van der Waals surface area contributed by atoms with E-state index in [0.29, 0.717) is 5.56 Å². The van der Waals surface area contributed by atoms with Crippen molar-refractivity contribution in [3.63, 3.8) is 0 Å². The normalized spacial score (nSPS) is 11.3. The number of aromatic hydroxyl groups is 1. The van der Waals surface area contributed by atoms with Crippen LogP contribution in [-0.4, -0.2) is 34.8 Å². The molecule has 0 amide bonds. The molecular weight excluding hydrogens is 298 g/mol. The molecule has 112 valence electrons. The number of aromatic nitrogens is 2. The van der Waals surface area contributed by atoms with Gasteiger partial charge < -0.3 is 10.2 Å². The number of aromatic carboxylic acids is 1. The van der Waals surface area contributed by atoms with E-state index in [4.69, 9.17) is 5.11 Å². The summed E-state index contributed by atoms with van der Waals surface area (Å²) in [5.74, 6) is -1.41. The number of phenolic OH excluding ortho intramolecular Hbond substituents is 1. The lowest BCUT2D eigenvalue weighted by atomic mass is 10.2. The number of hydrogen-bond donors (Lipinski definition) is 4. The first kappa shape index (κ1) is 14.9. The van der Waals surface area contributed by atoms with Crippen LogP contribution in [0.25, 0.3) is 0 Å². The highest BCUT2D eigenvalue weighted by Gasteiger charge is 2.28. The van der Waals surface area contributed by atoms with Gasteiger partial charge in [0.25, 0.3) is 10.0 Å². The van der Waals surface area contributed by atoms with E-state index < -0.39 is 26.6 Å². The van der Waals surface area contributed by atoms with Gasteiger partial charge in [-0.2, -0.15) is 5.10 Å². The number of H-pyrrole nitrogens is 1. The van der Waals surface area contributed by atoms with Crippen LogP contribution in [0.2, 0.25) is 0 Å². The first-order valence-electron chi connectivity index (χ1n) is 5.83. The van der Waals surface area contributed by atoms with Crippen molar-refractivity contribution in [3.05, 3.63) is 35.2 Å². The van der Waals surface area contributed by atoms with Gasteiger partial charge in [0.15, 0.2) is 5.69 Å². The summed E-state index contributed by atoms with van der Waals surface area (Å²) in [4.78, 5) is 10.6. The maximum absolute atomic E-state index is 12.3. The molecule has 2 aromatic rings. The van der Waals surface area contributed by atoms with Gasteiger partial charge in [0.1, 0.15) is 10.6 Å². The predicted molar refractivity (Wildman–Crippen MR) is 73.9 cm³/mol. The molecule has 0 spiro atoms. The molecule has 0 saturated carbocycles. The van der Waals surface area contributed by atoms with Gasteiger partial charge in [0.2, 0.25) is 0 Å². The van der Waals surface area contributed by atoms with Crippen molar-refractivity contribution < 1.29 is 23.4 Å². The number of rotatable bonds is 4. The summed E-state index contributed by atoms with van der Waals surface area (Å²) in [5.41, 5.74) is 0.241. The SMILES string of the molecule is Cc1cc(NS(=O)(=O)c2c(C(=O)O)n[nH]c2C)ccc1O. The Labute approximate surface area is 120 Å². The molecule has 4 N–H and O–H groups in total. The highest BCUT2D eigenvalue weighted by atomic mass is 32.2. The minimum Gasteiger partial charge on any atom is -0.508 e. The molecule has 2 rings (SSSR count). The average Bonchev–Trinajstić information content (AvgIpc) is 2.76. The number of hydrogen-bond acceptors (Lipinski definition) is 5. The molecule has 1 heterocycles. The fourth-order valence-corrected chi connectivity index (χ4v) is 3.19. The molecule has 0 radical (unpaired) electrons. The lowest BCUT2D eigenvalue weighted by Gasteiger charge is -2.09. The summed E-state index contributed by atoms with van der Waals surface area (Å²) in [6, 6.07) is 4.14. The molecule has 9 heteroatoms. The number of nitrogens with one attached hydrogen (secondary N) is 2. The van der Waals surface area contributed by atoms with Crippen molar-refractivity contribution in [3.8, 4) is 5.75 Å². The Morgan fingerprint density at radius 3 is 2.57 bits per heavy atom. The van der Waals surface area contributed by atoms with E-state index in [-0.39, 0.29) is 17.1 Å². The molecule has 0 bridgehead atoms. The van der Waals surface area contributed by atoms with Gasteiger partial charge >= 0.3 is 5.97 Å². The quantitative estimate of drug-likeness (QED) is 0.628. The third-order valence-corrected chi connectivity index (χ3v) is 4.35. The van der Waals surface area contributed by atoms with Crippen molar-refractivity contribution >= 4 is 21.7 Å². The van der Waals surface area contributed by atoms with E-state index in [0.717, 1.165) is 0 Å². The average molecular weight is 311 g/mol. The second kappa shape index (κ2) is 5.09. The lowest BCUT2D eigenvalue weighted by molar-refractivity contribution is 0.0686. The zero-order valence-electron chi connectivity index (χ0n) is 11.2. The van der Waals surface area contributed by atoms with Crippen LogP contribution in [0.3, 0.4) is 0 Å². The van der Waals surface area contributed by atoms with E-state index in [9.17, 15) is 18.3 Å². The molecule has 0 aliphatic carbocycles. The summed E-state index contributed by atoms with van der Waals surface area (Å²) in [6.45, 7) is 3.02. The van der Waals surface area contributed by atoms with E-state index in [1.165, 1.54) is 25.1 Å². The molecular formula is C12H13N3O5S. The number of anilines is 1. The number of carboxylic acids is 1. The highest BCUT2D eigenvalue weighted by Crippen LogP contribution is 2.24. The monoisotopic (exact) mass is 311 g/mol. The summed E-state index contributed by atoms with van der Waals surface area (Å²) in [5, 5.41) is 24.2. The van der Waals surface area contributed by atoms with Crippen molar-refractivity contribution in [2.45, 2.75) is 18.7 Å². The molecule has 0 atom stereocenters. The maximum Gasteiger partial charge on any atom is 0.357 e. The van der Waals surface area contributed by atoms with Crippen LogP contribution in [0.4, 0.5) is 5.69 Å². The number of aryl methyl sites for hydroxylation is 2. The van der Waals surface area contributed by atoms with Gasteiger partial charge in [-0.25, -0.2) is 13.2 Å². The summed E-state index contributed by atoms with van der Waals surface area (Å²) >= 11 is 0. The second-order valence-electron chi connectivity index (χ2n) is 4.44. The molecule has 1 aromatic carbocycles. The third kappa shape index (κ3) is 2.82. The van der Waals surface area contributed by atoms with E-state index in [2.05, 4.69) is 14.9 Å². The zero-order valence-corrected chi connectivity index (χ0v) is 12.0. The standard InChI is InChI=1S/C12H13N3O5S/c1-6-5-8(3-4-9(6)16)15-21(19,20)11-7(2)13-14-10(11)12(17)18/h3-5,15-16H,1-2H3,(H,13,14)(H,17,18). The third-order valence-electron chi connectivity index (χ3n) is 2.81. The number of carboxylic acid groups (broad SMARTS) is 1. The Hall–Kier alpha value is -2.55.